The lowest BCUT2D eigenvalue weighted by atomic mass is 9.97. The van der Waals surface area contributed by atoms with Crippen LogP contribution in [0.1, 0.15) is 21.5 Å². The van der Waals surface area contributed by atoms with Crippen LogP contribution < -0.4 is 0 Å². The van der Waals surface area contributed by atoms with Crippen LogP contribution in [-0.4, -0.2) is 11.9 Å². The monoisotopic (exact) mass is 276 g/mol. The minimum Gasteiger partial charge on any atom is -0.386 e. The molecule has 0 saturated carbocycles. The number of esters is 2. The van der Waals surface area contributed by atoms with Crippen molar-refractivity contribution < 1.29 is 14.3 Å². The van der Waals surface area contributed by atoms with E-state index in [-0.39, 0.29) is 0 Å². The zero-order valence-electron chi connectivity index (χ0n) is 11.2. The lowest BCUT2D eigenvalue weighted by Crippen LogP contribution is -2.21. The quantitative estimate of drug-likeness (QED) is 0.479. The number of hydrogen-bond acceptors (Lipinski definition) is 3. The van der Waals surface area contributed by atoms with Gasteiger partial charge in [0.25, 0.3) is 0 Å². The minimum atomic E-state index is -0.614. The van der Waals surface area contributed by atoms with Gasteiger partial charge in [-0.05, 0) is 17.7 Å². The first-order valence-electron chi connectivity index (χ1n) is 6.55. The summed E-state index contributed by atoms with van der Waals surface area (Å²) < 4.78 is 4.75. The molecule has 0 saturated heterocycles. The van der Waals surface area contributed by atoms with E-state index in [1.807, 2.05) is 36.4 Å². The Bertz CT molecular complexity index is 755. The predicted molar refractivity (Wildman–Crippen MR) is 80.3 cm³/mol. The Labute approximate surface area is 122 Å². The average molecular weight is 276 g/mol. The normalized spacial score (nSPS) is 16.1. The molecule has 2 aromatic carbocycles. The Balaban J connectivity index is 1.96. The van der Waals surface area contributed by atoms with Crippen LogP contribution in [0.3, 0.4) is 0 Å². The van der Waals surface area contributed by atoms with E-state index in [9.17, 15) is 9.59 Å². The number of benzene rings is 2. The van der Waals surface area contributed by atoms with Crippen molar-refractivity contribution in [2.75, 3.05) is 0 Å². The lowest BCUT2D eigenvalue weighted by molar-refractivity contribution is -0.131. The summed E-state index contributed by atoms with van der Waals surface area (Å²) in [7, 11) is 0. The summed E-state index contributed by atoms with van der Waals surface area (Å²) in [5.74, 6) is -1.21. The van der Waals surface area contributed by atoms with E-state index in [2.05, 4.69) is 0 Å². The van der Waals surface area contributed by atoms with Crippen molar-refractivity contribution in [1.29, 1.82) is 0 Å². The molecule has 0 radical (unpaired) electrons. The van der Waals surface area contributed by atoms with Crippen molar-refractivity contribution in [1.82, 2.24) is 0 Å². The molecule has 0 bridgehead atoms. The highest BCUT2D eigenvalue weighted by Crippen LogP contribution is 2.26. The number of hydrogen-bond donors (Lipinski definition) is 0. The van der Waals surface area contributed by atoms with Gasteiger partial charge < -0.3 is 4.74 Å². The first-order chi connectivity index (χ1) is 10.3. The first kappa shape index (κ1) is 13.1. The van der Waals surface area contributed by atoms with Crippen LogP contribution in [-0.2, 0) is 9.53 Å². The predicted octanol–water partition coefficient (Wildman–Crippen LogP) is 3.48. The molecule has 3 nitrogen and oxygen atoms in total. The van der Waals surface area contributed by atoms with Gasteiger partial charge in [-0.25, -0.2) is 9.59 Å². The molecular formula is C18H12O3. The molecule has 0 aromatic heterocycles. The molecule has 102 valence electrons. The molecular weight excluding hydrogens is 264 g/mol. The van der Waals surface area contributed by atoms with Crippen LogP contribution in [0.2, 0.25) is 0 Å². The zero-order chi connectivity index (χ0) is 14.7. The summed E-state index contributed by atoms with van der Waals surface area (Å²) in [5, 5.41) is 0. The largest absolute Gasteiger partial charge is 0.386 e. The van der Waals surface area contributed by atoms with Gasteiger partial charge in [0.05, 0.1) is 11.1 Å². The maximum atomic E-state index is 11.9. The molecule has 21 heavy (non-hydrogen) atoms. The number of rotatable bonds is 2. The van der Waals surface area contributed by atoms with Crippen molar-refractivity contribution in [3.63, 3.8) is 0 Å². The first-order valence-corrected chi connectivity index (χ1v) is 6.55. The van der Waals surface area contributed by atoms with E-state index in [0.29, 0.717) is 16.7 Å². The second-order valence-electron chi connectivity index (χ2n) is 4.57. The Morgan fingerprint density at radius 1 is 0.762 bits per heavy atom. The molecule has 1 aliphatic rings. The van der Waals surface area contributed by atoms with E-state index in [1.54, 1.807) is 36.4 Å². The van der Waals surface area contributed by atoms with Gasteiger partial charge in [-0.15, -0.1) is 0 Å². The molecule has 0 amide bonds. The highest BCUT2D eigenvalue weighted by atomic mass is 16.6. The van der Waals surface area contributed by atoms with Crippen molar-refractivity contribution in [3.05, 3.63) is 83.4 Å². The van der Waals surface area contributed by atoms with Gasteiger partial charge in [-0.3, -0.25) is 0 Å². The minimum absolute atomic E-state index is 0.386. The molecule has 0 spiro atoms. The number of ether oxygens (including phenoxy) is 1. The summed E-state index contributed by atoms with van der Waals surface area (Å²) in [6, 6.07) is 16.7. The van der Waals surface area contributed by atoms with Gasteiger partial charge in [0.1, 0.15) is 0 Å². The van der Waals surface area contributed by atoms with E-state index in [1.165, 1.54) is 0 Å². The van der Waals surface area contributed by atoms with Crippen LogP contribution in [0.5, 0.6) is 0 Å². The molecule has 1 heterocycles. The summed E-state index contributed by atoms with van der Waals surface area (Å²) in [5.41, 5.74) is 2.44. The van der Waals surface area contributed by atoms with Crippen LogP contribution in [0.15, 0.2) is 66.7 Å². The van der Waals surface area contributed by atoms with E-state index in [0.717, 1.165) is 5.56 Å². The van der Waals surface area contributed by atoms with Gasteiger partial charge in [0.15, 0.2) is 0 Å². The summed E-state index contributed by atoms with van der Waals surface area (Å²) >= 11 is 0. The molecule has 3 heteroatoms. The van der Waals surface area contributed by atoms with E-state index >= 15 is 0 Å². The van der Waals surface area contributed by atoms with Crippen LogP contribution in [0.4, 0.5) is 0 Å². The summed E-state index contributed by atoms with van der Waals surface area (Å²) in [6.07, 6.45) is 5.33. The smallest absolute Gasteiger partial charge is 0.346 e. The van der Waals surface area contributed by atoms with Crippen LogP contribution in [0.25, 0.3) is 11.6 Å². The second-order valence-corrected chi connectivity index (χ2v) is 4.57. The van der Waals surface area contributed by atoms with E-state index in [4.69, 9.17) is 4.74 Å². The lowest BCUT2D eigenvalue weighted by Gasteiger charge is -2.15. The number of carbonyl (C=O) groups excluding carboxylic acids is 2. The van der Waals surface area contributed by atoms with Gasteiger partial charge >= 0.3 is 11.9 Å². The van der Waals surface area contributed by atoms with Crippen molar-refractivity contribution in [2.24, 2.45) is 0 Å². The van der Waals surface area contributed by atoms with Crippen LogP contribution >= 0.6 is 0 Å². The average Bonchev–Trinajstić information content (AvgIpc) is 2.51. The fourth-order valence-corrected chi connectivity index (χ4v) is 2.18. The highest BCUT2D eigenvalue weighted by molar-refractivity contribution is 6.26. The third kappa shape index (κ3) is 2.67. The highest BCUT2D eigenvalue weighted by Gasteiger charge is 2.28. The fourth-order valence-electron chi connectivity index (χ4n) is 2.18. The molecule has 0 atom stereocenters. The molecule has 0 aliphatic carbocycles. The number of allylic oxidation sites excluding steroid dienone is 2. The fraction of sp³-hybridized carbons (Fsp3) is 0. The standard InChI is InChI=1S/C18H12O3/c19-17-15-11-5-4-10-14(15)16(18(20)21-17)12-6-9-13-7-2-1-3-8-13/h1-12H/b9-6+,16-12+. The van der Waals surface area contributed by atoms with Gasteiger partial charge in [-0.1, -0.05) is 60.7 Å². The number of fused-ring (bicyclic) bond motifs is 1. The van der Waals surface area contributed by atoms with E-state index < -0.39 is 11.9 Å². The summed E-state index contributed by atoms with van der Waals surface area (Å²) in [4.78, 5) is 23.5. The van der Waals surface area contributed by atoms with Crippen molar-refractivity contribution in [3.8, 4) is 0 Å². The Kier molecular flexibility index (Phi) is 3.48. The summed E-state index contributed by atoms with van der Waals surface area (Å²) in [6.45, 7) is 0. The maximum Gasteiger partial charge on any atom is 0.346 e. The topological polar surface area (TPSA) is 43.4 Å². The zero-order valence-corrected chi connectivity index (χ0v) is 11.2. The van der Waals surface area contributed by atoms with Gasteiger partial charge in [0, 0.05) is 5.56 Å². The molecule has 3 rings (SSSR count). The Morgan fingerprint density at radius 2 is 1.43 bits per heavy atom. The maximum absolute atomic E-state index is 11.9. The molecule has 0 unspecified atom stereocenters. The van der Waals surface area contributed by atoms with Gasteiger partial charge in [0.2, 0.25) is 0 Å². The van der Waals surface area contributed by atoms with Gasteiger partial charge in [-0.2, -0.15) is 0 Å². The van der Waals surface area contributed by atoms with Crippen molar-refractivity contribution >= 4 is 23.6 Å². The molecule has 0 N–H and O–H groups in total. The third-order valence-corrected chi connectivity index (χ3v) is 3.19. The van der Waals surface area contributed by atoms with Crippen LogP contribution in [0, 0.1) is 0 Å². The molecule has 0 fully saturated rings. The third-order valence-electron chi connectivity index (χ3n) is 3.19. The Morgan fingerprint density at radius 3 is 2.19 bits per heavy atom. The molecule has 2 aromatic rings. The number of cyclic esters (lactones) is 2. The second kappa shape index (κ2) is 5.59. The Hall–Kier alpha value is -2.94. The molecule has 1 aliphatic heterocycles. The van der Waals surface area contributed by atoms with Crippen molar-refractivity contribution in [2.45, 2.75) is 0 Å². The SMILES string of the molecule is O=C1OC(=O)c2ccccc2/C1=C\C=C\c1ccccc1. The number of carbonyl (C=O) groups is 2.